The van der Waals surface area contributed by atoms with E-state index >= 15 is 0 Å². The maximum absolute atomic E-state index is 12.7. The summed E-state index contributed by atoms with van der Waals surface area (Å²) < 4.78 is 25.7. The van der Waals surface area contributed by atoms with Crippen LogP contribution < -0.4 is 9.62 Å². The molecule has 7 heteroatoms. The van der Waals surface area contributed by atoms with Gasteiger partial charge in [-0.2, -0.15) is 0 Å². The van der Waals surface area contributed by atoms with Crippen LogP contribution >= 0.6 is 11.6 Å². The average Bonchev–Trinajstić information content (AvgIpc) is 3.08. The summed E-state index contributed by atoms with van der Waals surface area (Å²) in [5.41, 5.74) is 0.403. The SMILES string of the molecule is CC(C(=O)NC1CC2CCC1C2)N(c1cccc(Cl)c1)S(C)(=O)=O. The fourth-order valence-electron chi connectivity index (χ4n) is 4.15. The zero-order valence-electron chi connectivity index (χ0n) is 13.9. The van der Waals surface area contributed by atoms with E-state index < -0.39 is 16.1 Å². The predicted molar refractivity (Wildman–Crippen MR) is 95.6 cm³/mol. The molecule has 0 aliphatic heterocycles. The van der Waals surface area contributed by atoms with Crippen molar-refractivity contribution in [3.05, 3.63) is 29.3 Å². The fraction of sp³-hybridized carbons (Fsp3) is 0.588. The lowest BCUT2D eigenvalue weighted by molar-refractivity contribution is -0.122. The van der Waals surface area contributed by atoms with Gasteiger partial charge in [0.2, 0.25) is 15.9 Å². The van der Waals surface area contributed by atoms with Gasteiger partial charge in [-0.3, -0.25) is 9.10 Å². The fourth-order valence-corrected chi connectivity index (χ4v) is 5.50. The number of amides is 1. The highest BCUT2D eigenvalue weighted by atomic mass is 35.5. The van der Waals surface area contributed by atoms with Crippen molar-refractivity contribution >= 4 is 33.2 Å². The molecule has 1 aromatic rings. The van der Waals surface area contributed by atoms with E-state index in [0.717, 1.165) is 29.3 Å². The second-order valence-electron chi connectivity index (χ2n) is 7.00. The van der Waals surface area contributed by atoms with E-state index in [-0.39, 0.29) is 11.9 Å². The lowest BCUT2D eigenvalue weighted by Gasteiger charge is -2.31. The zero-order chi connectivity index (χ0) is 17.5. The largest absolute Gasteiger partial charge is 0.351 e. The third-order valence-electron chi connectivity index (χ3n) is 5.22. The Labute approximate surface area is 148 Å². The first-order chi connectivity index (χ1) is 11.3. The van der Waals surface area contributed by atoms with Crippen molar-refractivity contribution < 1.29 is 13.2 Å². The minimum atomic E-state index is -3.61. The molecule has 0 spiro atoms. The summed E-state index contributed by atoms with van der Waals surface area (Å²) in [5, 5.41) is 3.50. The van der Waals surface area contributed by atoms with Gasteiger partial charge >= 0.3 is 0 Å². The smallest absolute Gasteiger partial charge is 0.243 e. The summed E-state index contributed by atoms with van der Waals surface area (Å²) in [6.07, 6.45) is 5.72. The molecule has 1 aromatic carbocycles. The summed E-state index contributed by atoms with van der Waals surface area (Å²) in [5.74, 6) is 1.01. The molecule has 0 radical (unpaired) electrons. The maximum Gasteiger partial charge on any atom is 0.243 e. The standard InChI is InChI=1S/C17H23ClN2O3S/c1-11(17(21)19-16-9-12-6-7-13(16)8-12)20(24(2,22)23)15-5-3-4-14(18)10-15/h3-5,10-13,16H,6-9H2,1-2H3,(H,19,21). The second-order valence-corrected chi connectivity index (χ2v) is 9.30. The van der Waals surface area contributed by atoms with E-state index in [1.54, 1.807) is 31.2 Å². The molecular weight excluding hydrogens is 348 g/mol. The number of benzene rings is 1. The number of hydrogen-bond acceptors (Lipinski definition) is 3. The molecule has 2 fully saturated rings. The molecule has 0 heterocycles. The molecule has 2 aliphatic carbocycles. The molecule has 4 unspecified atom stereocenters. The van der Waals surface area contributed by atoms with Gasteiger partial charge in [-0.1, -0.05) is 24.1 Å². The Bertz CT molecular complexity index is 737. The Kier molecular flexibility index (Phi) is 4.80. The summed E-state index contributed by atoms with van der Waals surface area (Å²) in [6.45, 7) is 1.62. The molecule has 132 valence electrons. The van der Waals surface area contributed by atoms with Gasteiger partial charge in [0.25, 0.3) is 0 Å². The summed E-state index contributed by atoms with van der Waals surface area (Å²) in [6, 6.07) is 5.91. The van der Waals surface area contributed by atoms with Gasteiger partial charge in [0, 0.05) is 11.1 Å². The van der Waals surface area contributed by atoms with Crippen molar-refractivity contribution in [3.8, 4) is 0 Å². The third-order valence-corrected chi connectivity index (χ3v) is 6.69. The molecule has 2 bridgehead atoms. The average molecular weight is 371 g/mol. The van der Waals surface area contributed by atoms with Crippen LogP contribution in [-0.2, 0) is 14.8 Å². The number of rotatable bonds is 5. The first-order valence-corrected chi connectivity index (χ1v) is 10.5. The first-order valence-electron chi connectivity index (χ1n) is 8.31. The Morgan fingerprint density at radius 3 is 2.62 bits per heavy atom. The van der Waals surface area contributed by atoms with Crippen molar-refractivity contribution in [1.82, 2.24) is 5.32 Å². The van der Waals surface area contributed by atoms with E-state index in [0.29, 0.717) is 16.6 Å². The van der Waals surface area contributed by atoms with Gasteiger partial charge in [0.15, 0.2) is 0 Å². The molecule has 0 saturated heterocycles. The Hall–Kier alpha value is -1.27. The van der Waals surface area contributed by atoms with Gasteiger partial charge in [0.05, 0.1) is 11.9 Å². The van der Waals surface area contributed by atoms with Gasteiger partial charge in [-0.15, -0.1) is 0 Å². The van der Waals surface area contributed by atoms with E-state index in [9.17, 15) is 13.2 Å². The molecule has 1 N–H and O–H groups in total. The molecule has 0 aromatic heterocycles. The lowest BCUT2D eigenvalue weighted by Crippen LogP contribution is -2.51. The number of fused-ring (bicyclic) bond motifs is 2. The van der Waals surface area contributed by atoms with Crippen molar-refractivity contribution in [2.24, 2.45) is 11.8 Å². The Balaban J connectivity index is 1.78. The molecule has 4 atom stereocenters. The minimum Gasteiger partial charge on any atom is -0.351 e. The molecule has 2 saturated carbocycles. The minimum absolute atomic E-state index is 0.180. The molecule has 5 nitrogen and oxygen atoms in total. The van der Waals surface area contributed by atoms with Crippen LogP contribution in [0, 0.1) is 11.8 Å². The number of nitrogens with zero attached hydrogens (tertiary/aromatic N) is 1. The van der Waals surface area contributed by atoms with Crippen molar-refractivity contribution in [2.75, 3.05) is 10.6 Å². The highest BCUT2D eigenvalue weighted by Crippen LogP contribution is 2.44. The van der Waals surface area contributed by atoms with E-state index in [4.69, 9.17) is 11.6 Å². The van der Waals surface area contributed by atoms with E-state index in [2.05, 4.69) is 5.32 Å². The van der Waals surface area contributed by atoms with E-state index in [1.807, 2.05) is 0 Å². The van der Waals surface area contributed by atoms with Crippen molar-refractivity contribution in [3.63, 3.8) is 0 Å². The number of hydrogen-bond donors (Lipinski definition) is 1. The number of halogens is 1. The normalized spacial score (nSPS) is 27.0. The third kappa shape index (κ3) is 3.54. The quantitative estimate of drug-likeness (QED) is 0.866. The number of anilines is 1. The predicted octanol–water partition coefficient (Wildman–Crippen LogP) is 2.80. The topological polar surface area (TPSA) is 66.5 Å². The summed E-state index contributed by atoms with van der Waals surface area (Å²) in [7, 11) is -3.61. The lowest BCUT2D eigenvalue weighted by atomic mass is 9.95. The van der Waals surface area contributed by atoms with Crippen LogP contribution in [-0.4, -0.2) is 32.7 Å². The molecule has 2 aliphatic rings. The van der Waals surface area contributed by atoms with Gasteiger partial charge in [0.1, 0.15) is 6.04 Å². The van der Waals surface area contributed by atoms with Crippen LogP contribution in [0.5, 0.6) is 0 Å². The summed E-state index contributed by atoms with van der Waals surface area (Å²) >= 11 is 5.98. The van der Waals surface area contributed by atoms with Gasteiger partial charge in [-0.05, 0) is 56.2 Å². The van der Waals surface area contributed by atoms with Crippen LogP contribution in [0.4, 0.5) is 5.69 Å². The number of carbonyl (C=O) groups is 1. The molecular formula is C17H23ClN2O3S. The first kappa shape index (κ1) is 17.5. The van der Waals surface area contributed by atoms with Gasteiger partial charge < -0.3 is 5.32 Å². The maximum atomic E-state index is 12.7. The monoisotopic (exact) mass is 370 g/mol. The number of carbonyl (C=O) groups excluding carboxylic acids is 1. The van der Waals surface area contributed by atoms with Crippen LogP contribution in [0.25, 0.3) is 0 Å². The highest BCUT2D eigenvalue weighted by Gasteiger charge is 2.41. The molecule has 1 amide bonds. The van der Waals surface area contributed by atoms with E-state index in [1.165, 1.54) is 12.8 Å². The number of sulfonamides is 1. The Morgan fingerprint density at radius 1 is 1.33 bits per heavy atom. The van der Waals surface area contributed by atoms with Gasteiger partial charge in [-0.25, -0.2) is 8.42 Å². The second kappa shape index (κ2) is 6.56. The summed E-state index contributed by atoms with van der Waals surface area (Å²) in [4.78, 5) is 12.7. The molecule has 24 heavy (non-hydrogen) atoms. The Morgan fingerprint density at radius 2 is 2.08 bits per heavy atom. The van der Waals surface area contributed by atoms with Crippen LogP contribution in [0.15, 0.2) is 24.3 Å². The van der Waals surface area contributed by atoms with Crippen LogP contribution in [0.3, 0.4) is 0 Å². The molecule has 3 rings (SSSR count). The zero-order valence-corrected chi connectivity index (χ0v) is 15.5. The van der Waals surface area contributed by atoms with Crippen molar-refractivity contribution in [1.29, 1.82) is 0 Å². The van der Waals surface area contributed by atoms with Crippen LogP contribution in [0.2, 0.25) is 5.02 Å². The number of nitrogens with one attached hydrogen (secondary N) is 1. The van der Waals surface area contributed by atoms with Crippen molar-refractivity contribution in [2.45, 2.75) is 44.7 Å². The highest BCUT2D eigenvalue weighted by molar-refractivity contribution is 7.92. The van der Waals surface area contributed by atoms with Crippen LogP contribution in [0.1, 0.15) is 32.6 Å².